The van der Waals surface area contributed by atoms with Crippen LogP contribution in [-0.4, -0.2) is 18.1 Å². The smallest absolute Gasteiger partial charge is 0.0958 e. The molecule has 1 unspecified atom stereocenters. The molecule has 17 heavy (non-hydrogen) atoms. The number of thiazole rings is 1. The summed E-state index contributed by atoms with van der Waals surface area (Å²) in [5.74, 6) is 0.493. The fourth-order valence-corrected chi connectivity index (χ4v) is 2.47. The number of rotatable bonds is 7. The van der Waals surface area contributed by atoms with Crippen LogP contribution in [0.1, 0.15) is 55.6 Å². The van der Waals surface area contributed by atoms with Gasteiger partial charge in [-0.05, 0) is 13.3 Å². The normalized spacial score (nSPS) is 13.3. The zero-order valence-corrected chi connectivity index (χ0v) is 12.4. The van der Waals surface area contributed by atoms with Gasteiger partial charge in [-0.3, -0.25) is 0 Å². The second-order valence-electron chi connectivity index (χ2n) is 4.70. The van der Waals surface area contributed by atoms with Crippen LogP contribution in [0.4, 0.5) is 0 Å². The molecule has 0 aliphatic carbocycles. The van der Waals surface area contributed by atoms with Gasteiger partial charge in [0.15, 0.2) is 0 Å². The maximum absolute atomic E-state index is 5.21. The first-order valence-corrected chi connectivity index (χ1v) is 7.10. The molecule has 0 aromatic carbocycles. The van der Waals surface area contributed by atoms with Crippen molar-refractivity contribution in [1.82, 2.24) is 10.3 Å². The molecule has 0 spiro atoms. The van der Waals surface area contributed by atoms with Gasteiger partial charge in [0.1, 0.15) is 0 Å². The number of ether oxygens (including phenoxy) is 1. The third kappa shape index (κ3) is 4.37. The van der Waals surface area contributed by atoms with Crippen molar-refractivity contribution < 1.29 is 4.74 Å². The molecule has 0 saturated carbocycles. The van der Waals surface area contributed by atoms with Crippen molar-refractivity contribution in [2.45, 2.75) is 59.2 Å². The topological polar surface area (TPSA) is 34.2 Å². The van der Waals surface area contributed by atoms with Gasteiger partial charge in [-0.25, -0.2) is 4.98 Å². The average molecular weight is 256 g/mol. The molecule has 0 aliphatic rings. The number of hydrogen-bond acceptors (Lipinski definition) is 4. The van der Waals surface area contributed by atoms with Gasteiger partial charge in [0, 0.05) is 30.5 Å². The van der Waals surface area contributed by atoms with Crippen LogP contribution in [0.5, 0.6) is 0 Å². The average Bonchev–Trinajstić information content (AvgIpc) is 2.70. The Morgan fingerprint density at radius 1 is 1.35 bits per heavy atom. The molecular formula is C13H24N2OS. The molecule has 0 saturated heterocycles. The summed E-state index contributed by atoms with van der Waals surface area (Å²) in [6.45, 7) is 10.3. The van der Waals surface area contributed by atoms with E-state index in [1.165, 1.54) is 9.88 Å². The van der Waals surface area contributed by atoms with Crippen LogP contribution < -0.4 is 5.32 Å². The summed E-state index contributed by atoms with van der Waals surface area (Å²) < 4.78 is 5.21. The molecule has 1 aromatic rings. The van der Waals surface area contributed by atoms with Gasteiger partial charge >= 0.3 is 0 Å². The minimum atomic E-state index is 0.493. The highest BCUT2D eigenvalue weighted by Crippen LogP contribution is 2.25. The van der Waals surface area contributed by atoms with E-state index in [2.05, 4.69) is 38.0 Å². The van der Waals surface area contributed by atoms with Crippen LogP contribution in [0.25, 0.3) is 0 Å². The molecule has 1 aromatic heterocycles. The molecule has 1 heterocycles. The molecule has 0 aliphatic heterocycles. The summed E-state index contributed by atoms with van der Waals surface area (Å²) in [4.78, 5) is 5.97. The summed E-state index contributed by atoms with van der Waals surface area (Å²) in [6, 6.07) is 0.551. The molecule has 0 fully saturated rings. The molecule has 1 N–H and O–H groups in total. The number of nitrogens with one attached hydrogen (secondary N) is 1. The molecule has 1 rings (SSSR count). The molecule has 0 bridgehead atoms. The van der Waals surface area contributed by atoms with E-state index < -0.39 is 0 Å². The SMILES string of the molecule is CCC(C)NCc1sc(C(C)C)nc1COC. The van der Waals surface area contributed by atoms with Gasteiger partial charge in [0.25, 0.3) is 0 Å². The monoisotopic (exact) mass is 256 g/mol. The van der Waals surface area contributed by atoms with Gasteiger partial charge in [0.05, 0.1) is 17.3 Å². The largest absolute Gasteiger partial charge is 0.378 e. The van der Waals surface area contributed by atoms with Crippen molar-refractivity contribution in [2.24, 2.45) is 0 Å². The minimum absolute atomic E-state index is 0.493. The van der Waals surface area contributed by atoms with E-state index in [9.17, 15) is 0 Å². The zero-order chi connectivity index (χ0) is 12.8. The lowest BCUT2D eigenvalue weighted by atomic mass is 10.2. The molecule has 0 radical (unpaired) electrons. The van der Waals surface area contributed by atoms with Crippen molar-refractivity contribution in [1.29, 1.82) is 0 Å². The summed E-state index contributed by atoms with van der Waals surface area (Å²) >= 11 is 1.81. The lowest BCUT2D eigenvalue weighted by Gasteiger charge is -2.10. The minimum Gasteiger partial charge on any atom is -0.378 e. The molecule has 98 valence electrons. The second kappa shape index (κ2) is 7.09. The number of aromatic nitrogens is 1. The standard InChI is InChI=1S/C13H24N2OS/c1-6-10(4)14-7-12-11(8-16-5)15-13(17-12)9(2)3/h9-10,14H,6-8H2,1-5H3. The lowest BCUT2D eigenvalue weighted by Crippen LogP contribution is -2.24. The molecule has 4 heteroatoms. The fourth-order valence-electron chi connectivity index (χ4n) is 1.45. The quantitative estimate of drug-likeness (QED) is 0.813. The second-order valence-corrected chi connectivity index (χ2v) is 5.82. The van der Waals surface area contributed by atoms with Gasteiger partial charge in [-0.15, -0.1) is 11.3 Å². The van der Waals surface area contributed by atoms with E-state index in [1.54, 1.807) is 18.4 Å². The van der Waals surface area contributed by atoms with E-state index in [0.717, 1.165) is 18.7 Å². The van der Waals surface area contributed by atoms with Crippen LogP contribution in [0.15, 0.2) is 0 Å². The summed E-state index contributed by atoms with van der Waals surface area (Å²) in [5.41, 5.74) is 1.09. The Morgan fingerprint density at radius 3 is 2.59 bits per heavy atom. The zero-order valence-electron chi connectivity index (χ0n) is 11.5. The first-order chi connectivity index (χ1) is 8.08. The van der Waals surface area contributed by atoms with Crippen LogP contribution in [0.3, 0.4) is 0 Å². The summed E-state index contributed by atoms with van der Waals surface area (Å²) in [5, 5.41) is 4.72. The molecule has 1 atom stereocenters. The van der Waals surface area contributed by atoms with Crippen molar-refractivity contribution in [3.63, 3.8) is 0 Å². The highest BCUT2D eigenvalue weighted by molar-refractivity contribution is 7.11. The molecule has 3 nitrogen and oxygen atoms in total. The van der Waals surface area contributed by atoms with Crippen molar-refractivity contribution in [2.75, 3.05) is 7.11 Å². The Kier molecular flexibility index (Phi) is 6.09. The van der Waals surface area contributed by atoms with Crippen LogP contribution in [0.2, 0.25) is 0 Å². The van der Waals surface area contributed by atoms with Gasteiger partial charge in [0.2, 0.25) is 0 Å². The van der Waals surface area contributed by atoms with Crippen LogP contribution in [-0.2, 0) is 17.9 Å². The number of hydrogen-bond donors (Lipinski definition) is 1. The highest BCUT2D eigenvalue weighted by atomic mass is 32.1. The predicted molar refractivity (Wildman–Crippen MR) is 73.5 cm³/mol. The van der Waals surface area contributed by atoms with Crippen molar-refractivity contribution >= 4 is 11.3 Å². The highest BCUT2D eigenvalue weighted by Gasteiger charge is 2.13. The van der Waals surface area contributed by atoms with Crippen molar-refractivity contribution in [3.05, 3.63) is 15.6 Å². The molecular weight excluding hydrogens is 232 g/mol. The predicted octanol–water partition coefficient (Wildman–Crippen LogP) is 3.30. The van der Waals surface area contributed by atoms with Crippen LogP contribution >= 0.6 is 11.3 Å². The number of nitrogens with zero attached hydrogens (tertiary/aromatic N) is 1. The van der Waals surface area contributed by atoms with E-state index in [-0.39, 0.29) is 0 Å². The molecule has 0 amide bonds. The van der Waals surface area contributed by atoms with E-state index in [0.29, 0.717) is 18.6 Å². The van der Waals surface area contributed by atoms with E-state index in [4.69, 9.17) is 4.74 Å². The van der Waals surface area contributed by atoms with Gasteiger partial charge < -0.3 is 10.1 Å². The Hall–Kier alpha value is -0.450. The van der Waals surface area contributed by atoms with Crippen molar-refractivity contribution in [3.8, 4) is 0 Å². The van der Waals surface area contributed by atoms with Crippen LogP contribution in [0, 0.1) is 0 Å². The lowest BCUT2D eigenvalue weighted by molar-refractivity contribution is 0.181. The first-order valence-electron chi connectivity index (χ1n) is 6.29. The fraction of sp³-hybridized carbons (Fsp3) is 0.769. The maximum Gasteiger partial charge on any atom is 0.0958 e. The summed E-state index contributed by atoms with van der Waals surface area (Å²) in [6.07, 6.45) is 1.15. The Morgan fingerprint density at radius 2 is 2.06 bits per heavy atom. The number of methoxy groups -OCH3 is 1. The summed E-state index contributed by atoms with van der Waals surface area (Å²) in [7, 11) is 1.72. The third-order valence-corrected chi connectivity index (χ3v) is 4.19. The van der Waals surface area contributed by atoms with E-state index in [1.807, 2.05) is 0 Å². The Labute approximate surface area is 109 Å². The van der Waals surface area contributed by atoms with E-state index >= 15 is 0 Å². The van der Waals surface area contributed by atoms with Gasteiger partial charge in [-0.1, -0.05) is 20.8 Å². The first kappa shape index (κ1) is 14.6. The maximum atomic E-state index is 5.21. The third-order valence-electron chi connectivity index (χ3n) is 2.79. The Balaban J connectivity index is 2.73. The van der Waals surface area contributed by atoms with Gasteiger partial charge in [-0.2, -0.15) is 0 Å². The Bertz CT molecular complexity index is 336.